The molecule has 1 aliphatic heterocycles. The van der Waals surface area contributed by atoms with Gasteiger partial charge in [0.2, 0.25) is 0 Å². The zero-order valence-electron chi connectivity index (χ0n) is 13.7. The van der Waals surface area contributed by atoms with E-state index in [-0.39, 0.29) is 0 Å². The van der Waals surface area contributed by atoms with Gasteiger partial charge < -0.3 is 10.3 Å². The Morgan fingerprint density at radius 1 is 1.12 bits per heavy atom. The van der Waals surface area contributed by atoms with Crippen molar-refractivity contribution in [3.63, 3.8) is 0 Å². The fourth-order valence-electron chi connectivity index (χ4n) is 3.43. The van der Waals surface area contributed by atoms with Gasteiger partial charge in [-0.25, -0.2) is 15.0 Å². The molecule has 1 aromatic carbocycles. The number of hydrogen-bond acceptors (Lipinski definition) is 5. The lowest BCUT2D eigenvalue weighted by Gasteiger charge is -2.36. The quantitative estimate of drug-likeness (QED) is 0.756. The van der Waals surface area contributed by atoms with Crippen LogP contribution in [0.2, 0.25) is 0 Å². The summed E-state index contributed by atoms with van der Waals surface area (Å²) in [6.45, 7) is 3.05. The third kappa shape index (κ3) is 3.23. The molecule has 2 aromatic heterocycles. The second-order valence-corrected chi connectivity index (χ2v) is 6.31. The van der Waals surface area contributed by atoms with Crippen LogP contribution in [0.4, 0.5) is 5.82 Å². The Balaban J connectivity index is 1.44. The summed E-state index contributed by atoms with van der Waals surface area (Å²) in [5.74, 6) is 0.836. The smallest absolute Gasteiger partial charge is 0.182 e. The van der Waals surface area contributed by atoms with Crippen LogP contribution in [0.5, 0.6) is 0 Å². The predicted molar refractivity (Wildman–Crippen MR) is 94.7 cm³/mol. The van der Waals surface area contributed by atoms with Gasteiger partial charge in [-0.05, 0) is 24.9 Å². The molecule has 1 atom stereocenters. The highest BCUT2D eigenvalue weighted by atomic mass is 15.2. The van der Waals surface area contributed by atoms with Crippen molar-refractivity contribution in [3.8, 4) is 0 Å². The SMILES string of the molecule is c1ccc(CN2CCCCC2CNc2ncnc3nc[nH]c23)cc1. The van der Waals surface area contributed by atoms with Crippen LogP contribution in [-0.2, 0) is 6.54 Å². The summed E-state index contributed by atoms with van der Waals surface area (Å²) in [5, 5.41) is 3.50. The molecule has 6 heteroatoms. The van der Waals surface area contributed by atoms with E-state index in [9.17, 15) is 0 Å². The minimum Gasteiger partial charge on any atom is -0.367 e. The molecule has 0 radical (unpaired) electrons. The van der Waals surface area contributed by atoms with Gasteiger partial charge in [0, 0.05) is 19.1 Å². The van der Waals surface area contributed by atoms with Crippen LogP contribution < -0.4 is 5.32 Å². The Bertz CT molecular complexity index is 784. The van der Waals surface area contributed by atoms with Crippen molar-refractivity contribution in [2.45, 2.75) is 31.8 Å². The lowest BCUT2D eigenvalue weighted by molar-refractivity contribution is 0.148. The average molecular weight is 322 g/mol. The summed E-state index contributed by atoms with van der Waals surface area (Å²) >= 11 is 0. The molecule has 4 rings (SSSR count). The number of aromatic nitrogens is 4. The van der Waals surface area contributed by atoms with Crippen molar-refractivity contribution in [3.05, 3.63) is 48.5 Å². The van der Waals surface area contributed by atoms with Gasteiger partial charge in [0.15, 0.2) is 11.5 Å². The molecule has 0 bridgehead atoms. The first kappa shape index (κ1) is 15.1. The Hall–Kier alpha value is -2.47. The fraction of sp³-hybridized carbons (Fsp3) is 0.389. The summed E-state index contributed by atoms with van der Waals surface area (Å²) in [5.41, 5.74) is 2.96. The number of likely N-dealkylation sites (tertiary alicyclic amines) is 1. The van der Waals surface area contributed by atoms with Crippen LogP contribution in [0.25, 0.3) is 11.2 Å². The molecule has 0 aliphatic carbocycles. The minimum atomic E-state index is 0.520. The van der Waals surface area contributed by atoms with E-state index in [0.717, 1.165) is 31.0 Å². The highest BCUT2D eigenvalue weighted by Gasteiger charge is 2.22. The normalized spacial score (nSPS) is 18.8. The van der Waals surface area contributed by atoms with E-state index in [4.69, 9.17) is 0 Å². The van der Waals surface area contributed by atoms with Crippen LogP contribution in [-0.4, -0.2) is 44.0 Å². The van der Waals surface area contributed by atoms with Crippen LogP contribution in [0.15, 0.2) is 43.0 Å². The second-order valence-electron chi connectivity index (χ2n) is 6.31. The Labute approximate surface area is 141 Å². The van der Waals surface area contributed by atoms with Crippen LogP contribution >= 0.6 is 0 Å². The first-order chi connectivity index (χ1) is 11.9. The number of H-pyrrole nitrogens is 1. The standard InChI is InChI=1S/C18H22N6/c1-2-6-14(7-3-1)11-24-9-5-4-8-15(24)10-19-17-16-18(21-12-20-16)23-13-22-17/h1-3,6-7,12-13,15H,4-5,8-11H2,(H2,19,20,21,22,23). The predicted octanol–water partition coefficient (Wildman–Crippen LogP) is 2.82. The summed E-state index contributed by atoms with van der Waals surface area (Å²) in [6.07, 6.45) is 7.01. The molecule has 24 heavy (non-hydrogen) atoms. The molecule has 3 heterocycles. The van der Waals surface area contributed by atoms with E-state index >= 15 is 0 Å². The number of rotatable bonds is 5. The average Bonchev–Trinajstić information content (AvgIpc) is 3.11. The Morgan fingerprint density at radius 2 is 2.04 bits per heavy atom. The van der Waals surface area contributed by atoms with Gasteiger partial charge in [-0.3, -0.25) is 4.90 Å². The van der Waals surface area contributed by atoms with Gasteiger partial charge in [0.25, 0.3) is 0 Å². The van der Waals surface area contributed by atoms with Crippen molar-refractivity contribution in [2.75, 3.05) is 18.4 Å². The number of aromatic amines is 1. The number of benzene rings is 1. The van der Waals surface area contributed by atoms with Crippen molar-refractivity contribution in [1.29, 1.82) is 0 Å². The van der Waals surface area contributed by atoms with E-state index in [1.54, 1.807) is 12.7 Å². The first-order valence-corrected chi connectivity index (χ1v) is 8.56. The number of fused-ring (bicyclic) bond motifs is 1. The molecule has 0 amide bonds. The highest BCUT2D eigenvalue weighted by molar-refractivity contribution is 5.81. The Kier molecular flexibility index (Phi) is 4.38. The molecule has 0 saturated carbocycles. The molecule has 1 saturated heterocycles. The van der Waals surface area contributed by atoms with E-state index in [0.29, 0.717) is 11.7 Å². The number of imidazole rings is 1. The molecule has 3 aromatic rings. The van der Waals surface area contributed by atoms with Crippen molar-refractivity contribution < 1.29 is 0 Å². The molecule has 1 fully saturated rings. The van der Waals surface area contributed by atoms with Gasteiger partial charge in [0.05, 0.1) is 6.33 Å². The summed E-state index contributed by atoms with van der Waals surface area (Å²) in [6, 6.07) is 11.2. The molecule has 6 nitrogen and oxygen atoms in total. The van der Waals surface area contributed by atoms with E-state index < -0.39 is 0 Å². The summed E-state index contributed by atoms with van der Waals surface area (Å²) in [4.78, 5) is 18.4. The molecule has 124 valence electrons. The maximum Gasteiger partial charge on any atom is 0.182 e. The first-order valence-electron chi connectivity index (χ1n) is 8.56. The molecule has 0 spiro atoms. The van der Waals surface area contributed by atoms with Gasteiger partial charge in [-0.1, -0.05) is 36.8 Å². The molecule has 1 aliphatic rings. The number of anilines is 1. The van der Waals surface area contributed by atoms with E-state index in [1.807, 2.05) is 0 Å². The van der Waals surface area contributed by atoms with Gasteiger partial charge in [0.1, 0.15) is 11.8 Å². The molecule has 2 N–H and O–H groups in total. The fourth-order valence-corrected chi connectivity index (χ4v) is 3.43. The minimum absolute atomic E-state index is 0.520. The van der Waals surface area contributed by atoms with Crippen molar-refractivity contribution in [2.24, 2.45) is 0 Å². The zero-order chi connectivity index (χ0) is 16.2. The van der Waals surface area contributed by atoms with Gasteiger partial charge in [-0.15, -0.1) is 0 Å². The number of nitrogens with zero attached hydrogens (tertiary/aromatic N) is 4. The summed E-state index contributed by atoms with van der Waals surface area (Å²) in [7, 11) is 0. The van der Waals surface area contributed by atoms with Crippen LogP contribution in [0.1, 0.15) is 24.8 Å². The largest absolute Gasteiger partial charge is 0.367 e. The zero-order valence-corrected chi connectivity index (χ0v) is 13.7. The van der Waals surface area contributed by atoms with Gasteiger partial charge >= 0.3 is 0 Å². The number of nitrogens with one attached hydrogen (secondary N) is 2. The number of hydrogen-bond donors (Lipinski definition) is 2. The lowest BCUT2D eigenvalue weighted by Crippen LogP contribution is -2.43. The second kappa shape index (κ2) is 6.97. The van der Waals surface area contributed by atoms with Crippen molar-refractivity contribution in [1.82, 2.24) is 24.8 Å². The van der Waals surface area contributed by atoms with Crippen LogP contribution in [0.3, 0.4) is 0 Å². The highest BCUT2D eigenvalue weighted by Crippen LogP contribution is 2.21. The third-order valence-electron chi connectivity index (χ3n) is 4.71. The molecule has 1 unspecified atom stereocenters. The molecular weight excluding hydrogens is 300 g/mol. The summed E-state index contributed by atoms with van der Waals surface area (Å²) < 4.78 is 0. The monoisotopic (exact) mass is 322 g/mol. The van der Waals surface area contributed by atoms with E-state index in [1.165, 1.54) is 24.8 Å². The molecular formula is C18H22N6. The van der Waals surface area contributed by atoms with Crippen LogP contribution in [0, 0.1) is 0 Å². The maximum atomic E-state index is 4.36. The maximum absolute atomic E-state index is 4.36. The number of piperidine rings is 1. The van der Waals surface area contributed by atoms with Crippen molar-refractivity contribution >= 4 is 17.0 Å². The Morgan fingerprint density at radius 3 is 2.96 bits per heavy atom. The lowest BCUT2D eigenvalue weighted by atomic mass is 10.0. The van der Waals surface area contributed by atoms with E-state index in [2.05, 4.69) is 60.5 Å². The van der Waals surface area contributed by atoms with Gasteiger partial charge in [-0.2, -0.15) is 0 Å². The third-order valence-corrected chi connectivity index (χ3v) is 4.71. The topological polar surface area (TPSA) is 69.7 Å².